The molecule has 0 radical (unpaired) electrons. The zero-order valence-electron chi connectivity index (χ0n) is 9.70. The molecule has 1 N–H and O–H groups in total. The molecular weight excluding hydrogens is 240 g/mol. The quantitative estimate of drug-likeness (QED) is 0.897. The first-order chi connectivity index (χ1) is 8.58. The Hall–Kier alpha value is -1.75. The van der Waals surface area contributed by atoms with Gasteiger partial charge in [-0.1, -0.05) is 12.1 Å². The molecule has 0 unspecified atom stereocenters. The van der Waals surface area contributed by atoms with E-state index in [1.807, 2.05) is 0 Å². The predicted molar refractivity (Wildman–Crippen MR) is 63.0 cm³/mol. The summed E-state index contributed by atoms with van der Waals surface area (Å²) in [4.78, 5) is 12.3. The van der Waals surface area contributed by atoms with Crippen molar-refractivity contribution in [3.63, 3.8) is 0 Å². The number of aliphatic carboxylic acids is 1. The fourth-order valence-corrected chi connectivity index (χ4v) is 2.08. The number of nitrogens with zero attached hydrogens (tertiary/aromatic N) is 1. The van der Waals surface area contributed by atoms with Crippen molar-refractivity contribution >= 4 is 11.5 Å². The molecule has 1 aliphatic rings. The third-order valence-corrected chi connectivity index (χ3v) is 2.94. The van der Waals surface area contributed by atoms with Crippen molar-refractivity contribution in [1.29, 1.82) is 0 Å². The van der Waals surface area contributed by atoms with E-state index in [0.29, 0.717) is 25.1 Å². The summed E-state index contributed by atoms with van der Waals surface area (Å²) in [6.07, 6.45) is 2.14. The van der Waals surface area contributed by atoms with Crippen LogP contribution in [0.3, 0.4) is 0 Å². The van der Waals surface area contributed by atoms with Gasteiger partial charge >= 0.3 is 5.97 Å². The van der Waals surface area contributed by atoms with Crippen LogP contribution in [0.25, 0.3) is 5.57 Å². The topological polar surface area (TPSA) is 40.5 Å². The Balaban J connectivity index is 2.17. The zero-order valence-corrected chi connectivity index (χ0v) is 9.70. The second kappa shape index (κ2) is 5.27. The molecule has 96 valence electrons. The van der Waals surface area contributed by atoms with E-state index >= 15 is 0 Å². The Morgan fingerprint density at radius 1 is 1.33 bits per heavy atom. The van der Waals surface area contributed by atoms with E-state index in [4.69, 9.17) is 5.11 Å². The summed E-state index contributed by atoms with van der Waals surface area (Å²) < 4.78 is 27.1. The lowest BCUT2D eigenvalue weighted by Gasteiger charge is -2.25. The Morgan fingerprint density at radius 2 is 2.00 bits per heavy atom. The van der Waals surface area contributed by atoms with E-state index in [1.165, 1.54) is 18.2 Å². The molecule has 0 aliphatic carbocycles. The minimum Gasteiger partial charge on any atom is -0.480 e. The van der Waals surface area contributed by atoms with Crippen LogP contribution in [0.5, 0.6) is 0 Å². The average Bonchev–Trinajstić information content (AvgIpc) is 2.30. The van der Waals surface area contributed by atoms with Gasteiger partial charge in [0.25, 0.3) is 0 Å². The Labute approximate surface area is 103 Å². The lowest BCUT2D eigenvalue weighted by molar-refractivity contribution is -0.138. The van der Waals surface area contributed by atoms with Crippen LogP contribution in [0, 0.1) is 11.6 Å². The molecule has 1 aliphatic heterocycles. The number of hydrogen-bond acceptors (Lipinski definition) is 2. The fourth-order valence-electron chi connectivity index (χ4n) is 2.08. The maximum atomic E-state index is 13.6. The largest absolute Gasteiger partial charge is 0.480 e. The van der Waals surface area contributed by atoms with Crippen LogP contribution >= 0.6 is 0 Å². The maximum absolute atomic E-state index is 13.6. The lowest BCUT2D eigenvalue weighted by atomic mass is 9.98. The average molecular weight is 253 g/mol. The molecule has 0 saturated heterocycles. The summed E-state index contributed by atoms with van der Waals surface area (Å²) in [5, 5.41) is 8.65. The van der Waals surface area contributed by atoms with Gasteiger partial charge in [-0.3, -0.25) is 9.69 Å². The number of hydrogen-bond donors (Lipinski definition) is 1. The van der Waals surface area contributed by atoms with Crippen LogP contribution in [0.2, 0.25) is 0 Å². The summed E-state index contributed by atoms with van der Waals surface area (Å²) in [6, 6.07) is 3.78. The molecular formula is C13H13F2NO2. The number of halogens is 2. The third kappa shape index (κ3) is 2.73. The summed E-state index contributed by atoms with van der Waals surface area (Å²) in [7, 11) is 0. The first-order valence-electron chi connectivity index (χ1n) is 5.65. The Morgan fingerprint density at radius 3 is 2.50 bits per heavy atom. The second-order valence-electron chi connectivity index (χ2n) is 4.20. The number of benzene rings is 1. The lowest BCUT2D eigenvalue weighted by Crippen LogP contribution is -2.33. The van der Waals surface area contributed by atoms with Crippen molar-refractivity contribution in [2.75, 3.05) is 19.6 Å². The van der Waals surface area contributed by atoms with Crippen LogP contribution in [-0.4, -0.2) is 35.6 Å². The highest BCUT2D eigenvalue weighted by Gasteiger charge is 2.19. The SMILES string of the molecule is O=C(O)CN1CC=C(c2c(F)cccc2F)CC1. The molecule has 0 amide bonds. The highest BCUT2D eigenvalue weighted by molar-refractivity contribution is 5.70. The van der Waals surface area contributed by atoms with Gasteiger partial charge in [-0.15, -0.1) is 0 Å². The van der Waals surface area contributed by atoms with Crippen molar-refractivity contribution in [3.05, 3.63) is 41.5 Å². The summed E-state index contributed by atoms with van der Waals surface area (Å²) in [5.41, 5.74) is 0.611. The molecule has 5 heteroatoms. The Bertz CT molecular complexity index is 480. The first kappa shape index (κ1) is 12.7. The molecule has 2 rings (SSSR count). The molecule has 18 heavy (non-hydrogen) atoms. The molecule has 0 aromatic heterocycles. The minimum atomic E-state index is -0.899. The molecule has 0 fully saturated rings. The first-order valence-corrected chi connectivity index (χ1v) is 5.65. The highest BCUT2D eigenvalue weighted by atomic mass is 19.1. The van der Waals surface area contributed by atoms with Gasteiger partial charge in [0, 0.05) is 18.7 Å². The predicted octanol–water partition coefficient (Wildman–Crippen LogP) is 2.14. The van der Waals surface area contributed by atoms with Gasteiger partial charge in [0.2, 0.25) is 0 Å². The number of carbonyl (C=O) groups is 1. The van der Waals surface area contributed by atoms with Crippen molar-refractivity contribution in [3.8, 4) is 0 Å². The van der Waals surface area contributed by atoms with Gasteiger partial charge < -0.3 is 5.11 Å². The second-order valence-corrected chi connectivity index (χ2v) is 4.20. The number of rotatable bonds is 3. The third-order valence-electron chi connectivity index (χ3n) is 2.94. The van der Waals surface area contributed by atoms with Gasteiger partial charge in [-0.05, 0) is 24.1 Å². The van der Waals surface area contributed by atoms with Crippen LogP contribution in [-0.2, 0) is 4.79 Å². The van der Waals surface area contributed by atoms with Crippen molar-refractivity contribution < 1.29 is 18.7 Å². The van der Waals surface area contributed by atoms with Crippen LogP contribution in [0.4, 0.5) is 8.78 Å². The Kier molecular flexibility index (Phi) is 3.72. The zero-order chi connectivity index (χ0) is 13.1. The van der Waals surface area contributed by atoms with Gasteiger partial charge in [0.1, 0.15) is 11.6 Å². The van der Waals surface area contributed by atoms with Gasteiger partial charge in [-0.25, -0.2) is 8.78 Å². The molecule has 1 aromatic rings. The molecule has 1 heterocycles. The molecule has 3 nitrogen and oxygen atoms in total. The van der Waals surface area contributed by atoms with E-state index in [1.54, 1.807) is 11.0 Å². The number of carboxylic acid groups (broad SMARTS) is 1. The minimum absolute atomic E-state index is 0.00692. The molecule has 0 atom stereocenters. The van der Waals surface area contributed by atoms with E-state index in [2.05, 4.69) is 0 Å². The standard InChI is InChI=1S/C13H13F2NO2/c14-10-2-1-3-11(15)13(10)9-4-6-16(7-5-9)8-12(17)18/h1-4H,5-8H2,(H,17,18). The monoisotopic (exact) mass is 253 g/mol. The highest BCUT2D eigenvalue weighted by Crippen LogP contribution is 2.26. The maximum Gasteiger partial charge on any atom is 0.317 e. The van der Waals surface area contributed by atoms with Crippen LogP contribution in [0.1, 0.15) is 12.0 Å². The normalized spacial score (nSPS) is 16.4. The molecule has 0 bridgehead atoms. The van der Waals surface area contributed by atoms with E-state index in [0.717, 1.165) is 0 Å². The van der Waals surface area contributed by atoms with E-state index in [9.17, 15) is 13.6 Å². The molecule has 1 aromatic carbocycles. The van der Waals surface area contributed by atoms with Crippen molar-refractivity contribution in [1.82, 2.24) is 4.90 Å². The van der Waals surface area contributed by atoms with Crippen molar-refractivity contribution in [2.45, 2.75) is 6.42 Å². The summed E-state index contributed by atoms with van der Waals surface area (Å²) >= 11 is 0. The summed E-state index contributed by atoms with van der Waals surface area (Å²) in [6.45, 7) is 0.838. The van der Waals surface area contributed by atoms with Gasteiger partial charge in [-0.2, -0.15) is 0 Å². The van der Waals surface area contributed by atoms with E-state index < -0.39 is 17.6 Å². The van der Waals surface area contributed by atoms with Crippen molar-refractivity contribution in [2.24, 2.45) is 0 Å². The van der Waals surface area contributed by atoms with E-state index in [-0.39, 0.29) is 12.1 Å². The fraction of sp³-hybridized carbons (Fsp3) is 0.308. The van der Waals surface area contributed by atoms with Crippen LogP contribution in [0.15, 0.2) is 24.3 Å². The van der Waals surface area contributed by atoms with Crippen LogP contribution < -0.4 is 0 Å². The van der Waals surface area contributed by atoms with Gasteiger partial charge in [0.15, 0.2) is 0 Å². The molecule has 0 saturated carbocycles. The smallest absolute Gasteiger partial charge is 0.317 e. The molecule has 0 spiro atoms. The number of carboxylic acids is 1. The summed E-state index contributed by atoms with van der Waals surface area (Å²) in [5.74, 6) is -2.05. The van der Waals surface area contributed by atoms with Gasteiger partial charge in [0.05, 0.1) is 6.54 Å².